The van der Waals surface area contributed by atoms with Crippen molar-refractivity contribution in [3.8, 4) is 22.4 Å². The minimum absolute atomic E-state index is 0.102. The van der Waals surface area contributed by atoms with E-state index in [1.807, 2.05) is 54.6 Å². The molecule has 7 nitrogen and oxygen atoms in total. The van der Waals surface area contributed by atoms with E-state index in [0.717, 1.165) is 16.7 Å². The summed E-state index contributed by atoms with van der Waals surface area (Å²) < 4.78 is 0. The van der Waals surface area contributed by atoms with Gasteiger partial charge in [-0.15, -0.1) is 0 Å². The fourth-order valence-electron chi connectivity index (χ4n) is 3.86. The molecule has 0 spiro atoms. The molecule has 4 rings (SSSR count). The number of carboxylic acids is 1. The van der Waals surface area contributed by atoms with Crippen LogP contribution in [0.5, 0.6) is 0 Å². The van der Waals surface area contributed by atoms with Gasteiger partial charge in [0.2, 0.25) is 0 Å². The Kier molecular flexibility index (Phi) is 8.05. The molecule has 4 aromatic rings. The van der Waals surface area contributed by atoms with Crippen LogP contribution in [0.25, 0.3) is 22.4 Å². The molecule has 1 amide bonds. The number of benzene rings is 3. The Hall–Kier alpha value is -3.65. The van der Waals surface area contributed by atoms with Gasteiger partial charge in [-0.2, -0.15) is 5.10 Å². The molecule has 0 aliphatic carbocycles. The standard InChI is InChI=1S/C27H23Cl2N3O4/c28-19-10-11-21(22(29)13-19)23-15-24(32-31-23)26(34)30-20(14-25(33)27(35)36)12-16-6-8-18(9-7-16)17-4-2-1-3-5-17/h1-11,13,15,20,25,33H,12,14H2,(H,30,34)(H,31,32)(H,35,36). The molecule has 0 bridgehead atoms. The number of nitrogens with one attached hydrogen (secondary N) is 2. The quantitative estimate of drug-likeness (QED) is 0.240. The monoisotopic (exact) mass is 523 g/mol. The van der Waals surface area contributed by atoms with Crippen LogP contribution in [0.15, 0.2) is 78.9 Å². The number of amides is 1. The predicted octanol–water partition coefficient (Wildman–Crippen LogP) is 5.23. The normalized spacial score (nSPS) is 12.6. The third-order valence-electron chi connectivity index (χ3n) is 5.70. The summed E-state index contributed by atoms with van der Waals surface area (Å²) in [6.45, 7) is 0. The van der Waals surface area contributed by atoms with Gasteiger partial charge in [0.05, 0.1) is 10.7 Å². The number of aliphatic carboxylic acids is 1. The molecule has 2 atom stereocenters. The second-order valence-corrected chi connectivity index (χ2v) is 9.16. The van der Waals surface area contributed by atoms with Gasteiger partial charge in [0.15, 0.2) is 11.8 Å². The highest BCUT2D eigenvalue weighted by atomic mass is 35.5. The van der Waals surface area contributed by atoms with Crippen LogP contribution in [-0.2, 0) is 11.2 Å². The van der Waals surface area contributed by atoms with Crippen LogP contribution >= 0.6 is 23.2 Å². The summed E-state index contributed by atoms with van der Waals surface area (Å²) in [5, 5.41) is 29.7. The van der Waals surface area contributed by atoms with Crippen molar-refractivity contribution in [2.45, 2.75) is 25.0 Å². The number of aromatic nitrogens is 2. The van der Waals surface area contributed by atoms with Crippen LogP contribution in [0.3, 0.4) is 0 Å². The number of H-pyrrole nitrogens is 1. The Balaban J connectivity index is 1.50. The van der Waals surface area contributed by atoms with Crippen molar-refractivity contribution in [2.24, 2.45) is 0 Å². The summed E-state index contributed by atoms with van der Waals surface area (Å²) in [7, 11) is 0. The first-order valence-corrected chi connectivity index (χ1v) is 11.9. The van der Waals surface area contributed by atoms with E-state index in [1.165, 1.54) is 0 Å². The highest BCUT2D eigenvalue weighted by Gasteiger charge is 2.24. The largest absolute Gasteiger partial charge is 0.479 e. The van der Waals surface area contributed by atoms with Crippen molar-refractivity contribution < 1.29 is 19.8 Å². The van der Waals surface area contributed by atoms with E-state index in [4.69, 9.17) is 23.2 Å². The third kappa shape index (κ3) is 6.31. The van der Waals surface area contributed by atoms with E-state index >= 15 is 0 Å². The molecule has 2 unspecified atom stereocenters. The number of hydrogen-bond acceptors (Lipinski definition) is 4. The summed E-state index contributed by atoms with van der Waals surface area (Å²) in [6, 6.07) is 23.5. The van der Waals surface area contributed by atoms with Crippen molar-refractivity contribution >= 4 is 35.1 Å². The molecule has 1 heterocycles. The topological polar surface area (TPSA) is 115 Å². The van der Waals surface area contributed by atoms with Gasteiger partial charge in [-0.25, -0.2) is 4.79 Å². The number of halogens is 2. The van der Waals surface area contributed by atoms with Crippen LogP contribution in [-0.4, -0.2) is 44.4 Å². The molecule has 0 radical (unpaired) electrons. The smallest absolute Gasteiger partial charge is 0.332 e. The average Bonchev–Trinajstić information content (AvgIpc) is 3.35. The van der Waals surface area contributed by atoms with E-state index < -0.39 is 24.0 Å². The number of carbonyl (C=O) groups is 2. The lowest BCUT2D eigenvalue weighted by Crippen LogP contribution is -2.40. The zero-order valence-electron chi connectivity index (χ0n) is 19.0. The van der Waals surface area contributed by atoms with Crippen LogP contribution < -0.4 is 5.32 Å². The lowest BCUT2D eigenvalue weighted by molar-refractivity contribution is -0.147. The Bertz CT molecular complexity index is 1360. The number of carbonyl (C=O) groups excluding carboxylic acids is 1. The van der Waals surface area contributed by atoms with E-state index in [-0.39, 0.29) is 12.1 Å². The van der Waals surface area contributed by atoms with Crippen molar-refractivity contribution in [2.75, 3.05) is 0 Å². The van der Waals surface area contributed by atoms with Crippen molar-refractivity contribution in [3.63, 3.8) is 0 Å². The number of carboxylic acid groups (broad SMARTS) is 1. The van der Waals surface area contributed by atoms with Crippen LogP contribution in [0.4, 0.5) is 0 Å². The fourth-order valence-corrected chi connectivity index (χ4v) is 4.37. The Morgan fingerprint density at radius 3 is 2.31 bits per heavy atom. The first-order chi connectivity index (χ1) is 17.3. The van der Waals surface area contributed by atoms with Crippen molar-refractivity contribution in [1.82, 2.24) is 15.5 Å². The van der Waals surface area contributed by atoms with E-state index in [1.54, 1.807) is 24.3 Å². The molecule has 4 N–H and O–H groups in total. The van der Waals surface area contributed by atoms with E-state index in [9.17, 15) is 19.8 Å². The van der Waals surface area contributed by atoms with Gasteiger partial charge < -0.3 is 15.5 Å². The molecule has 0 fully saturated rings. The highest BCUT2D eigenvalue weighted by molar-refractivity contribution is 6.36. The summed E-state index contributed by atoms with van der Waals surface area (Å²) in [5.74, 6) is -1.86. The second-order valence-electron chi connectivity index (χ2n) is 8.32. The summed E-state index contributed by atoms with van der Waals surface area (Å²) in [6.07, 6.45) is -1.46. The van der Waals surface area contributed by atoms with Crippen LogP contribution in [0.2, 0.25) is 10.0 Å². The van der Waals surface area contributed by atoms with Crippen molar-refractivity contribution in [3.05, 3.63) is 100 Å². The average molecular weight is 524 g/mol. The van der Waals surface area contributed by atoms with Gasteiger partial charge in [0, 0.05) is 23.0 Å². The summed E-state index contributed by atoms with van der Waals surface area (Å²) >= 11 is 12.2. The van der Waals surface area contributed by atoms with E-state index in [0.29, 0.717) is 27.7 Å². The maximum atomic E-state index is 12.9. The number of nitrogens with zero attached hydrogens (tertiary/aromatic N) is 1. The summed E-state index contributed by atoms with van der Waals surface area (Å²) in [4.78, 5) is 24.2. The number of aliphatic hydroxyl groups excluding tert-OH is 1. The Morgan fingerprint density at radius 2 is 1.64 bits per heavy atom. The summed E-state index contributed by atoms with van der Waals surface area (Å²) in [5.41, 5.74) is 4.25. The molecular formula is C27H23Cl2N3O4. The maximum absolute atomic E-state index is 12.9. The fraction of sp³-hybridized carbons (Fsp3) is 0.148. The molecule has 36 heavy (non-hydrogen) atoms. The molecule has 1 aromatic heterocycles. The van der Waals surface area contributed by atoms with Gasteiger partial charge in [-0.3, -0.25) is 9.89 Å². The number of rotatable bonds is 9. The highest BCUT2D eigenvalue weighted by Crippen LogP contribution is 2.29. The zero-order chi connectivity index (χ0) is 25.7. The van der Waals surface area contributed by atoms with Gasteiger partial charge in [0.25, 0.3) is 5.91 Å². The zero-order valence-corrected chi connectivity index (χ0v) is 20.5. The molecule has 0 aliphatic rings. The van der Waals surface area contributed by atoms with Crippen molar-refractivity contribution in [1.29, 1.82) is 0 Å². The molecule has 3 aromatic carbocycles. The maximum Gasteiger partial charge on any atom is 0.332 e. The van der Waals surface area contributed by atoms with Gasteiger partial charge in [-0.05, 0) is 47.4 Å². The van der Waals surface area contributed by atoms with E-state index in [2.05, 4.69) is 15.5 Å². The van der Waals surface area contributed by atoms with Crippen LogP contribution in [0, 0.1) is 0 Å². The molecule has 9 heteroatoms. The first-order valence-electron chi connectivity index (χ1n) is 11.2. The Labute approximate surface area is 217 Å². The first kappa shape index (κ1) is 25.4. The molecule has 184 valence electrons. The number of aromatic amines is 1. The number of hydrogen-bond donors (Lipinski definition) is 4. The molecular weight excluding hydrogens is 501 g/mol. The van der Waals surface area contributed by atoms with Gasteiger partial charge in [-0.1, -0.05) is 77.8 Å². The SMILES string of the molecule is O=C(NC(Cc1ccc(-c2ccccc2)cc1)CC(O)C(=O)O)c1cc(-c2ccc(Cl)cc2Cl)[nH]n1. The van der Waals surface area contributed by atoms with Gasteiger partial charge in [0.1, 0.15) is 0 Å². The molecule has 0 saturated carbocycles. The molecule has 0 saturated heterocycles. The lowest BCUT2D eigenvalue weighted by atomic mass is 9.97. The predicted molar refractivity (Wildman–Crippen MR) is 139 cm³/mol. The third-order valence-corrected chi connectivity index (χ3v) is 6.25. The van der Waals surface area contributed by atoms with Gasteiger partial charge >= 0.3 is 5.97 Å². The Morgan fingerprint density at radius 1 is 0.944 bits per heavy atom. The molecule has 0 aliphatic heterocycles. The van der Waals surface area contributed by atoms with Crippen LogP contribution in [0.1, 0.15) is 22.5 Å². The number of aliphatic hydroxyl groups is 1. The minimum atomic E-state index is -1.62. The second kappa shape index (κ2) is 11.4. The minimum Gasteiger partial charge on any atom is -0.479 e. The lowest BCUT2D eigenvalue weighted by Gasteiger charge is -2.20.